The van der Waals surface area contributed by atoms with E-state index in [0.29, 0.717) is 22.6 Å². The number of benzene rings is 3. The number of carbonyl (C=O) groups excluding carboxylic acids is 1. The van der Waals surface area contributed by atoms with E-state index in [2.05, 4.69) is 10.0 Å². The number of anilines is 3. The Morgan fingerprint density at radius 2 is 1.46 bits per heavy atom. The van der Waals surface area contributed by atoms with E-state index >= 15 is 0 Å². The molecule has 2 N–H and O–H groups in total. The van der Waals surface area contributed by atoms with Gasteiger partial charge in [0.1, 0.15) is 0 Å². The molecule has 0 spiro atoms. The summed E-state index contributed by atoms with van der Waals surface area (Å²) in [6.45, 7) is 1.90. The molecule has 7 heteroatoms. The van der Waals surface area contributed by atoms with Crippen LogP contribution in [0.4, 0.5) is 17.1 Å². The Hall–Kier alpha value is -3.32. The molecule has 0 saturated heterocycles. The number of esters is 1. The van der Waals surface area contributed by atoms with Crippen molar-refractivity contribution in [2.24, 2.45) is 0 Å². The average Bonchev–Trinajstić information content (AvgIpc) is 2.69. The first kappa shape index (κ1) is 19.4. The molecule has 0 bridgehead atoms. The molecule has 0 saturated carbocycles. The van der Waals surface area contributed by atoms with Crippen LogP contribution in [0.3, 0.4) is 0 Å². The van der Waals surface area contributed by atoms with E-state index in [4.69, 9.17) is 4.74 Å². The van der Waals surface area contributed by atoms with E-state index in [-0.39, 0.29) is 4.90 Å². The number of carbonyl (C=O) groups is 1. The summed E-state index contributed by atoms with van der Waals surface area (Å²) in [6, 6.07) is 20.4. The Morgan fingerprint density at radius 1 is 0.857 bits per heavy atom. The van der Waals surface area contributed by atoms with Gasteiger partial charge >= 0.3 is 5.97 Å². The van der Waals surface area contributed by atoms with Crippen molar-refractivity contribution in [1.82, 2.24) is 0 Å². The van der Waals surface area contributed by atoms with Crippen LogP contribution >= 0.6 is 0 Å². The zero-order valence-electron chi connectivity index (χ0n) is 15.5. The first-order valence-electron chi connectivity index (χ1n) is 8.53. The lowest BCUT2D eigenvalue weighted by Crippen LogP contribution is -2.12. The molecule has 0 aliphatic carbocycles. The molecule has 0 fully saturated rings. The maximum absolute atomic E-state index is 12.5. The molecule has 0 amide bonds. The number of hydrogen-bond acceptors (Lipinski definition) is 5. The van der Waals surface area contributed by atoms with Crippen molar-refractivity contribution in [3.05, 3.63) is 83.9 Å². The van der Waals surface area contributed by atoms with Gasteiger partial charge in [0.2, 0.25) is 0 Å². The fraction of sp³-hybridized carbons (Fsp3) is 0.0952. The minimum Gasteiger partial charge on any atom is -0.465 e. The number of rotatable bonds is 6. The normalized spacial score (nSPS) is 10.9. The summed E-state index contributed by atoms with van der Waals surface area (Å²) in [5, 5.41) is 3.14. The number of hydrogen-bond donors (Lipinski definition) is 2. The lowest BCUT2D eigenvalue weighted by atomic mass is 10.1. The standard InChI is InChI=1S/C21H20N2O4S/c1-15-7-13-18(14-8-15)28(25,26)23-17-11-9-16(10-12-17)22-20-6-4-3-5-19(20)21(24)27-2/h3-14,22-23H,1-2H3. The molecular weight excluding hydrogens is 376 g/mol. The molecule has 144 valence electrons. The number of aryl methyl sites for hydroxylation is 1. The molecule has 0 aromatic heterocycles. The molecule has 0 aliphatic heterocycles. The van der Waals surface area contributed by atoms with Crippen LogP contribution in [0.5, 0.6) is 0 Å². The molecule has 28 heavy (non-hydrogen) atoms. The summed E-state index contributed by atoms with van der Waals surface area (Å²) in [5.74, 6) is -0.439. The summed E-state index contributed by atoms with van der Waals surface area (Å²) in [4.78, 5) is 12.1. The van der Waals surface area contributed by atoms with Gasteiger partial charge < -0.3 is 10.1 Å². The van der Waals surface area contributed by atoms with Crippen molar-refractivity contribution in [3.8, 4) is 0 Å². The third-order valence-electron chi connectivity index (χ3n) is 4.08. The van der Waals surface area contributed by atoms with Crippen LogP contribution in [0.1, 0.15) is 15.9 Å². The monoisotopic (exact) mass is 396 g/mol. The van der Waals surface area contributed by atoms with Crippen LogP contribution in [0, 0.1) is 6.92 Å². The van der Waals surface area contributed by atoms with Crippen LogP contribution in [0.25, 0.3) is 0 Å². The average molecular weight is 396 g/mol. The lowest BCUT2D eigenvalue weighted by molar-refractivity contribution is 0.0602. The SMILES string of the molecule is COC(=O)c1ccccc1Nc1ccc(NS(=O)(=O)c2ccc(C)cc2)cc1. The molecule has 0 aliphatic rings. The fourth-order valence-electron chi connectivity index (χ4n) is 2.59. The van der Waals surface area contributed by atoms with E-state index in [1.54, 1.807) is 72.8 Å². The van der Waals surface area contributed by atoms with Gasteiger partial charge in [-0.2, -0.15) is 0 Å². The summed E-state index contributed by atoms with van der Waals surface area (Å²) in [6.07, 6.45) is 0. The van der Waals surface area contributed by atoms with Crippen molar-refractivity contribution in [2.75, 3.05) is 17.1 Å². The fourth-order valence-corrected chi connectivity index (χ4v) is 3.65. The molecule has 3 rings (SSSR count). The first-order valence-corrected chi connectivity index (χ1v) is 10.0. The molecule has 3 aromatic rings. The predicted octanol–water partition coefficient (Wildman–Crippen LogP) is 4.33. The van der Waals surface area contributed by atoms with Crippen LogP contribution in [-0.2, 0) is 14.8 Å². The van der Waals surface area contributed by atoms with Gasteiger partial charge in [-0.15, -0.1) is 0 Å². The lowest BCUT2D eigenvalue weighted by Gasteiger charge is -2.12. The highest BCUT2D eigenvalue weighted by molar-refractivity contribution is 7.92. The van der Waals surface area contributed by atoms with Gasteiger partial charge in [0.15, 0.2) is 0 Å². The Kier molecular flexibility index (Phi) is 5.65. The molecule has 6 nitrogen and oxygen atoms in total. The number of para-hydroxylation sites is 1. The van der Waals surface area contributed by atoms with Gasteiger partial charge in [-0.05, 0) is 55.5 Å². The Balaban J connectivity index is 1.76. The quantitative estimate of drug-likeness (QED) is 0.606. The minimum atomic E-state index is -3.65. The molecule has 0 radical (unpaired) electrons. The van der Waals surface area contributed by atoms with E-state index in [1.165, 1.54) is 7.11 Å². The van der Waals surface area contributed by atoms with E-state index in [1.807, 2.05) is 6.92 Å². The van der Waals surface area contributed by atoms with Gasteiger partial charge in [0.05, 0.1) is 23.3 Å². The molecular formula is C21H20N2O4S. The second kappa shape index (κ2) is 8.14. The van der Waals surface area contributed by atoms with Crippen LogP contribution in [0.15, 0.2) is 77.7 Å². The summed E-state index contributed by atoms with van der Waals surface area (Å²) >= 11 is 0. The van der Waals surface area contributed by atoms with E-state index < -0.39 is 16.0 Å². The van der Waals surface area contributed by atoms with E-state index in [0.717, 1.165) is 5.56 Å². The van der Waals surface area contributed by atoms with Crippen LogP contribution in [0.2, 0.25) is 0 Å². The summed E-state index contributed by atoms with van der Waals surface area (Å²) < 4.78 is 32.3. The summed E-state index contributed by atoms with van der Waals surface area (Å²) in [7, 11) is -2.33. The Morgan fingerprint density at radius 3 is 2.11 bits per heavy atom. The van der Waals surface area contributed by atoms with Crippen molar-refractivity contribution in [3.63, 3.8) is 0 Å². The summed E-state index contributed by atoms with van der Waals surface area (Å²) in [5.41, 5.74) is 3.14. The zero-order valence-corrected chi connectivity index (χ0v) is 16.3. The first-order chi connectivity index (χ1) is 13.4. The molecule has 0 atom stereocenters. The molecule has 0 unspecified atom stereocenters. The third-order valence-corrected chi connectivity index (χ3v) is 5.48. The number of sulfonamides is 1. The second-order valence-electron chi connectivity index (χ2n) is 6.16. The number of nitrogens with one attached hydrogen (secondary N) is 2. The van der Waals surface area contributed by atoms with Crippen LogP contribution in [-0.4, -0.2) is 21.5 Å². The van der Waals surface area contributed by atoms with Gasteiger partial charge in [-0.3, -0.25) is 4.72 Å². The smallest absolute Gasteiger partial charge is 0.339 e. The molecule has 3 aromatic carbocycles. The Bertz CT molecular complexity index is 1080. The maximum atomic E-state index is 12.5. The van der Waals surface area contributed by atoms with Gasteiger partial charge in [-0.1, -0.05) is 29.8 Å². The topological polar surface area (TPSA) is 84.5 Å². The van der Waals surface area contributed by atoms with E-state index in [9.17, 15) is 13.2 Å². The highest BCUT2D eigenvalue weighted by atomic mass is 32.2. The second-order valence-corrected chi connectivity index (χ2v) is 7.84. The highest BCUT2D eigenvalue weighted by Crippen LogP contribution is 2.24. The number of ether oxygens (including phenoxy) is 1. The van der Waals surface area contributed by atoms with Gasteiger partial charge in [0.25, 0.3) is 10.0 Å². The Labute approximate surface area is 164 Å². The minimum absolute atomic E-state index is 0.201. The van der Waals surface area contributed by atoms with Gasteiger partial charge in [-0.25, -0.2) is 13.2 Å². The third kappa shape index (κ3) is 4.50. The number of methoxy groups -OCH3 is 1. The van der Waals surface area contributed by atoms with Crippen molar-refractivity contribution < 1.29 is 17.9 Å². The predicted molar refractivity (Wildman–Crippen MR) is 109 cm³/mol. The van der Waals surface area contributed by atoms with Gasteiger partial charge in [0, 0.05) is 11.4 Å². The zero-order chi connectivity index (χ0) is 20.1. The largest absolute Gasteiger partial charge is 0.465 e. The van der Waals surface area contributed by atoms with Crippen molar-refractivity contribution in [2.45, 2.75) is 11.8 Å². The van der Waals surface area contributed by atoms with Crippen molar-refractivity contribution in [1.29, 1.82) is 0 Å². The molecule has 0 heterocycles. The maximum Gasteiger partial charge on any atom is 0.339 e. The highest BCUT2D eigenvalue weighted by Gasteiger charge is 2.14. The van der Waals surface area contributed by atoms with Crippen molar-refractivity contribution >= 4 is 33.1 Å². The van der Waals surface area contributed by atoms with Crippen LogP contribution < -0.4 is 10.0 Å².